The third kappa shape index (κ3) is 1.93. The second-order valence-corrected chi connectivity index (χ2v) is 5.05. The van der Waals surface area contributed by atoms with E-state index in [9.17, 15) is 9.90 Å². The fraction of sp³-hybridized carbons (Fsp3) is 0. The van der Waals surface area contributed by atoms with E-state index in [4.69, 9.17) is 4.42 Å². The smallest absolute Gasteiger partial charge is 0.202 e. The summed E-state index contributed by atoms with van der Waals surface area (Å²) in [7, 11) is 0. The highest BCUT2D eigenvalue weighted by atomic mass is 16.3. The minimum Gasteiger partial charge on any atom is -0.508 e. The molecule has 106 valence electrons. The van der Waals surface area contributed by atoms with Gasteiger partial charge in [-0.25, -0.2) is 4.98 Å². The topological polar surface area (TPSA) is 63.3 Å². The van der Waals surface area contributed by atoms with Crippen molar-refractivity contribution in [2.75, 3.05) is 0 Å². The van der Waals surface area contributed by atoms with E-state index in [1.54, 1.807) is 12.1 Å². The first-order valence-corrected chi connectivity index (χ1v) is 6.83. The van der Waals surface area contributed by atoms with E-state index in [0.29, 0.717) is 22.2 Å². The molecule has 4 heteroatoms. The van der Waals surface area contributed by atoms with Crippen LogP contribution in [-0.2, 0) is 0 Å². The van der Waals surface area contributed by atoms with Gasteiger partial charge >= 0.3 is 0 Å². The number of aromatic nitrogens is 1. The monoisotopic (exact) mass is 289 g/mol. The molecule has 4 aromatic rings. The molecule has 2 aromatic carbocycles. The lowest BCUT2D eigenvalue weighted by Crippen LogP contribution is -2.05. The van der Waals surface area contributed by atoms with Gasteiger partial charge in [0, 0.05) is 11.5 Å². The van der Waals surface area contributed by atoms with Crippen molar-refractivity contribution >= 4 is 21.9 Å². The van der Waals surface area contributed by atoms with Gasteiger partial charge < -0.3 is 9.52 Å². The zero-order valence-electron chi connectivity index (χ0n) is 11.5. The number of aromatic hydroxyl groups is 1. The number of phenols is 1. The standard InChI is InChI=1S/C18H11NO3/c20-12-6-7-13-17(9-12)22-10-14(18(13)21)16-8-5-11-3-1-2-4-15(11)19-16/h1-10,20H. The first kappa shape index (κ1) is 12.6. The maximum Gasteiger partial charge on any atom is 0.202 e. The van der Waals surface area contributed by atoms with E-state index in [1.165, 1.54) is 18.4 Å². The van der Waals surface area contributed by atoms with Crippen LogP contribution in [0.25, 0.3) is 33.1 Å². The van der Waals surface area contributed by atoms with Gasteiger partial charge in [0.25, 0.3) is 0 Å². The summed E-state index contributed by atoms with van der Waals surface area (Å²) in [5.74, 6) is 0.0623. The van der Waals surface area contributed by atoms with Crippen molar-refractivity contribution in [3.8, 4) is 17.0 Å². The van der Waals surface area contributed by atoms with E-state index in [2.05, 4.69) is 4.98 Å². The Morgan fingerprint density at radius 3 is 2.77 bits per heavy atom. The molecular weight excluding hydrogens is 278 g/mol. The lowest BCUT2D eigenvalue weighted by atomic mass is 10.1. The minimum absolute atomic E-state index is 0.0623. The molecule has 4 nitrogen and oxygen atoms in total. The molecule has 0 amide bonds. The number of para-hydroxylation sites is 1. The Balaban J connectivity index is 1.97. The van der Waals surface area contributed by atoms with Crippen LogP contribution in [0.1, 0.15) is 0 Å². The summed E-state index contributed by atoms with van der Waals surface area (Å²) >= 11 is 0. The van der Waals surface area contributed by atoms with Crippen molar-refractivity contribution in [2.45, 2.75) is 0 Å². The van der Waals surface area contributed by atoms with Crippen LogP contribution in [-0.4, -0.2) is 10.1 Å². The van der Waals surface area contributed by atoms with Gasteiger partial charge in [0.1, 0.15) is 17.6 Å². The quantitative estimate of drug-likeness (QED) is 0.580. The zero-order chi connectivity index (χ0) is 15.1. The summed E-state index contributed by atoms with van der Waals surface area (Å²) in [4.78, 5) is 17.1. The molecule has 0 spiro atoms. The number of phenolic OH excluding ortho intramolecular Hbond substituents is 1. The first-order valence-electron chi connectivity index (χ1n) is 6.83. The van der Waals surface area contributed by atoms with Gasteiger partial charge in [0.05, 0.1) is 22.2 Å². The van der Waals surface area contributed by atoms with Gasteiger partial charge in [-0.15, -0.1) is 0 Å². The molecule has 0 atom stereocenters. The van der Waals surface area contributed by atoms with Crippen molar-refractivity contribution in [3.05, 3.63) is 71.1 Å². The Morgan fingerprint density at radius 1 is 1.00 bits per heavy atom. The summed E-state index contributed by atoms with van der Waals surface area (Å²) in [5, 5.41) is 10.9. The normalized spacial score (nSPS) is 11.1. The van der Waals surface area contributed by atoms with Crippen LogP contribution < -0.4 is 5.43 Å². The summed E-state index contributed by atoms with van der Waals surface area (Å²) in [6.45, 7) is 0. The molecule has 2 aromatic heterocycles. The average Bonchev–Trinajstić information content (AvgIpc) is 2.54. The van der Waals surface area contributed by atoms with Crippen molar-refractivity contribution in [2.24, 2.45) is 0 Å². The van der Waals surface area contributed by atoms with Crippen LogP contribution in [0.3, 0.4) is 0 Å². The molecule has 4 rings (SSSR count). The maximum absolute atomic E-state index is 12.6. The zero-order valence-corrected chi connectivity index (χ0v) is 11.5. The number of pyridine rings is 1. The second kappa shape index (κ2) is 4.70. The highest BCUT2D eigenvalue weighted by molar-refractivity contribution is 5.84. The van der Waals surface area contributed by atoms with Gasteiger partial charge in [-0.1, -0.05) is 24.3 Å². The highest BCUT2D eigenvalue weighted by Gasteiger charge is 2.11. The number of fused-ring (bicyclic) bond motifs is 2. The summed E-state index contributed by atoms with van der Waals surface area (Å²) in [6.07, 6.45) is 1.39. The van der Waals surface area contributed by atoms with Crippen LogP contribution >= 0.6 is 0 Å². The van der Waals surface area contributed by atoms with Crippen molar-refractivity contribution in [1.82, 2.24) is 4.98 Å². The first-order chi connectivity index (χ1) is 10.7. The third-order valence-electron chi connectivity index (χ3n) is 3.63. The van der Waals surface area contributed by atoms with Crippen molar-refractivity contribution in [1.29, 1.82) is 0 Å². The minimum atomic E-state index is -0.163. The molecule has 0 aliphatic rings. The lowest BCUT2D eigenvalue weighted by Gasteiger charge is -2.04. The average molecular weight is 289 g/mol. The van der Waals surface area contributed by atoms with Gasteiger partial charge in [0.2, 0.25) is 5.43 Å². The molecule has 0 radical (unpaired) electrons. The predicted octanol–water partition coefficient (Wildman–Crippen LogP) is 3.71. The van der Waals surface area contributed by atoms with Crippen molar-refractivity contribution < 1.29 is 9.52 Å². The van der Waals surface area contributed by atoms with Crippen LogP contribution in [0, 0.1) is 0 Å². The SMILES string of the molecule is O=c1c(-c2ccc3ccccc3n2)coc2cc(O)ccc12. The number of nitrogens with zero attached hydrogens (tertiary/aromatic N) is 1. The Kier molecular flexibility index (Phi) is 2.69. The Bertz CT molecular complexity index is 1070. The molecule has 1 N–H and O–H groups in total. The number of benzene rings is 2. The maximum atomic E-state index is 12.6. The Morgan fingerprint density at radius 2 is 1.86 bits per heavy atom. The van der Waals surface area contributed by atoms with E-state index in [1.807, 2.05) is 30.3 Å². The van der Waals surface area contributed by atoms with Crippen LogP contribution in [0.5, 0.6) is 5.75 Å². The molecule has 0 saturated heterocycles. The highest BCUT2D eigenvalue weighted by Crippen LogP contribution is 2.23. The molecule has 0 saturated carbocycles. The van der Waals surface area contributed by atoms with Crippen LogP contribution in [0.15, 0.2) is 70.1 Å². The molecular formula is C18H11NO3. The van der Waals surface area contributed by atoms with E-state index in [0.717, 1.165) is 10.9 Å². The van der Waals surface area contributed by atoms with E-state index in [-0.39, 0.29) is 11.2 Å². The van der Waals surface area contributed by atoms with Crippen molar-refractivity contribution in [3.63, 3.8) is 0 Å². The molecule has 22 heavy (non-hydrogen) atoms. The largest absolute Gasteiger partial charge is 0.508 e. The van der Waals surface area contributed by atoms with Gasteiger partial charge in [0.15, 0.2) is 0 Å². The molecule has 2 heterocycles. The van der Waals surface area contributed by atoms with Gasteiger partial charge in [-0.3, -0.25) is 4.79 Å². The fourth-order valence-electron chi connectivity index (χ4n) is 2.51. The van der Waals surface area contributed by atoms with E-state index < -0.39 is 0 Å². The second-order valence-electron chi connectivity index (χ2n) is 5.05. The Labute approximate surface area is 125 Å². The third-order valence-corrected chi connectivity index (χ3v) is 3.63. The summed E-state index contributed by atoms with van der Waals surface area (Å²) in [6, 6.07) is 15.9. The summed E-state index contributed by atoms with van der Waals surface area (Å²) < 4.78 is 5.47. The number of hydrogen-bond acceptors (Lipinski definition) is 4. The molecule has 0 aliphatic heterocycles. The fourth-order valence-corrected chi connectivity index (χ4v) is 2.51. The van der Waals surface area contributed by atoms with Crippen LogP contribution in [0.2, 0.25) is 0 Å². The van der Waals surface area contributed by atoms with Gasteiger partial charge in [-0.2, -0.15) is 0 Å². The number of hydrogen-bond donors (Lipinski definition) is 1. The lowest BCUT2D eigenvalue weighted by molar-refractivity contribution is 0.474. The molecule has 0 unspecified atom stereocenters. The Hall–Kier alpha value is -3.14. The molecule has 0 bridgehead atoms. The number of rotatable bonds is 1. The van der Waals surface area contributed by atoms with Gasteiger partial charge in [-0.05, 0) is 24.3 Å². The molecule has 0 aliphatic carbocycles. The van der Waals surface area contributed by atoms with E-state index >= 15 is 0 Å². The summed E-state index contributed by atoms with van der Waals surface area (Å²) in [5.41, 5.74) is 2.00. The molecule has 0 fully saturated rings. The predicted molar refractivity (Wildman–Crippen MR) is 84.9 cm³/mol. The van der Waals surface area contributed by atoms with Crippen LogP contribution in [0.4, 0.5) is 0 Å².